The predicted octanol–water partition coefficient (Wildman–Crippen LogP) is 0.234. The lowest BCUT2D eigenvalue weighted by atomic mass is 10.1. The molecule has 132 valence electrons. The van der Waals surface area contributed by atoms with Crippen LogP contribution in [0.5, 0.6) is 0 Å². The molecule has 0 amide bonds. The monoisotopic (exact) mass is 348 g/mol. The van der Waals surface area contributed by atoms with Crippen LogP contribution in [0.3, 0.4) is 0 Å². The fourth-order valence-corrected chi connectivity index (χ4v) is 2.81. The Bertz CT molecular complexity index is 1170. The summed E-state index contributed by atoms with van der Waals surface area (Å²) in [5, 5.41) is 9.88. The van der Waals surface area contributed by atoms with Gasteiger partial charge >= 0.3 is 0 Å². The van der Waals surface area contributed by atoms with Crippen molar-refractivity contribution in [2.24, 2.45) is 14.1 Å². The van der Waals surface area contributed by atoms with Crippen molar-refractivity contribution in [3.63, 3.8) is 0 Å². The number of aliphatic hydroxyl groups excluding tert-OH is 1. The Morgan fingerprint density at radius 1 is 0.808 bits per heavy atom. The molecule has 0 aliphatic heterocycles. The van der Waals surface area contributed by atoms with Gasteiger partial charge in [0.1, 0.15) is 10.7 Å². The van der Waals surface area contributed by atoms with E-state index in [-0.39, 0.29) is 23.1 Å². The number of nitrogens with zero attached hydrogens (tertiary/aromatic N) is 2. The first-order valence-corrected chi connectivity index (χ1v) is 8.25. The molecule has 1 N–H and O–H groups in total. The molecule has 0 aliphatic rings. The molecule has 26 heavy (non-hydrogen) atoms. The third-order valence-corrected chi connectivity index (χ3v) is 4.31. The maximum atomic E-state index is 12.8. The molecule has 0 saturated carbocycles. The van der Waals surface area contributed by atoms with E-state index in [2.05, 4.69) is 0 Å². The van der Waals surface area contributed by atoms with Gasteiger partial charge in [0.25, 0.3) is 11.1 Å². The van der Waals surface area contributed by atoms with Gasteiger partial charge in [-0.1, -0.05) is 48.5 Å². The van der Waals surface area contributed by atoms with Crippen molar-refractivity contribution in [2.45, 2.75) is 6.61 Å². The summed E-state index contributed by atoms with van der Waals surface area (Å²) in [6.45, 7) is -0.0798. The average Bonchev–Trinajstić information content (AvgIpc) is 2.68. The van der Waals surface area contributed by atoms with Crippen LogP contribution in [0, 0.1) is 0 Å². The van der Waals surface area contributed by atoms with Gasteiger partial charge in [0, 0.05) is 14.1 Å². The van der Waals surface area contributed by atoms with Crippen molar-refractivity contribution in [2.75, 3.05) is 0 Å². The number of aliphatic hydroxyl groups is 1. The zero-order valence-corrected chi connectivity index (χ0v) is 14.7. The molecule has 0 aliphatic carbocycles. The van der Waals surface area contributed by atoms with Crippen LogP contribution < -0.4 is 21.8 Å². The Kier molecular flexibility index (Phi) is 5.00. The number of aromatic nitrogens is 2. The largest absolute Gasteiger partial charge is 0.392 e. The molecular weight excluding hydrogens is 328 g/mol. The van der Waals surface area contributed by atoms with Gasteiger partial charge in [-0.3, -0.25) is 9.59 Å². The average molecular weight is 348 g/mol. The highest BCUT2D eigenvalue weighted by Gasteiger charge is 2.05. The Morgan fingerprint density at radius 2 is 1.35 bits per heavy atom. The smallest absolute Gasteiger partial charge is 0.274 e. The zero-order chi connectivity index (χ0) is 18.7. The third kappa shape index (κ3) is 3.43. The fourth-order valence-electron chi connectivity index (χ4n) is 2.81. The summed E-state index contributed by atoms with van der Waals surface area (Å²) in [5.41, 5.74) is 1.84. The molecule has 1 heterocycles. The summed E-state index contributed by atoms with van der Waals surface area (Å²) in [7, 11) is 3.19. The zero-order valence-electron chi connectivity index (χ0n) is 14.7. The van der Waals surface area contributed by atoms with Crippen LogP contribution >= 0.6 is 0 Å². The van der Waals surface area contributed by atoms with Gasteiger partial charge in [-0.25, -0.2) is 0 Å². The summed E-state index contributed by atoms with van der Waals surface area (Å²) in [6, 6.07) is 16.6. The fraction of sp³-hybridized carbons (Fsp3) is 0.143. The van der Waals surface area contributed by atoms with Crippen LogP contribution in [-0.2, 0) is 20.7 Å². The molecule has 0 radical (unpaired) electrons. The van der Waals surface area contributed by atoms with Crippen LogP contribution in [0.25, 0.3) is 12.2 Å². The molecule has 0 bridgehead atoms. The molecule has 3 rings (SSSR count). The van der Waals surface area contributed by atoms with Crippen molar-refractivity contribution in [3.8, 4) is 0 Å². The number of hydrogen-bond donors (Lipinski definition) is 1. The maximum absolute atomic E-state index is 12.8. The lowest BCUT2D eigenvalue weighted by Crippen LogP contribution is -2.56. The Labute approximate surface area is 150 Å². The van der Waals surface area contributed by atoms with Crippen LogP contribution in [-0.4, -0.2) is 14.2 Å². The second kappa shape index (κ2) is 7.37. The van der Waals surface area contributed by atoms with E-state index in [0.717, 1.165) is 16.7 Å². The molecular formula is C21H20N2O3. The number of benzene rings is 2. The minimum absolute atomic E-state index is 0.0798. The lowest BCUT2D eigenvalue weighted by molar-refractivity contribution is 0.282. The highest BCUT2D eigenvalue weighted by atomic mass is 16.3. The van der Waals surface area contributed by atoms with Crippen molar-refractivity contribution in [1.82, 2.24) is 9.13 Å². The quantitative estimate of drug-likeness (QED) is 0.737. The van der Waals surface area contributed by atoms with E-state index >= 15 is 0 Å². The summed E-state index contributed by atoms with van der Waals surface area (Å²) < 4.78 is 2.74. The minimum atomic E-state index is -0.260. The molecule has 0 fully saturated rings. The molecule has 5 heteroatoms. The van der Waals surface area contributed by atoms with E-state index in [1.807, 2.05) is 36.4 Å². The van der Waals surface area contributed by atoms with Gasteiger partial charge in [0.15, 0.2) is 0 Å². The van der Waals surface area contributed by atoms with E-state index in [1.165, 1.54) is 9.13 Å². The molecule has 0 unspecified atom stereocenters. The number of hydrogen-bond acceptors (Lipinski definition) is 3. The van der Waals surface area contributed by atoms with Crippen molar-refractivity contribution < 1.29 is 5.11 Å². The molecule has 0 spiro atoms. The normalized spacial score (nSPS) is 12.6. The Hall–Kier alpha value is -3.18. The predicted molar refractivity (Wildman–Crippen MR) is 102 cm³/mol. The summed E-state index contributed by atoms with van der Waals surface area (Å²) in [5.74, 6) is 0. The molecule has 2 aromatic carbocycles. The van der Waals surface area contributed by atoms with Crippen LogP contribution in [0.15, 0.2) is 64.2 Å². The molecule has 0 atom stereocenters. The standard InChI is InChI=1S/C21H20N2O3/c1-22-18(12-15-7-4-3-5-8-15)20(25)23(2)19(21(22)26)13-16-9-6-10-17(11-16)14-24/h3-13,24H,14H2,1-2H3. The molecule has 1 aromatic heterocycles. The highest BCUT2D eigenvalue weighted by Crippen LogP contribution is 2.05. The van der Waals surface area contributed by atoms with Gasteiger partial charge in [-0.2, -0.15) is 0 Å². The van der Waals surface area contributed by atoms with E-state index in [1.54, 1.807) is 44.4 Å². The van der Waals surface area contributed by atoms with E-state index in [4.69, 9.17) is 0 Å². The van der Waals surface area contributed by atoms with Crippen molar-refractivity contribution in [1.29, 1.82) is 0 Å². The van der Waals surface area contributed by atoms with E-state index in [9.17, 15) is 14.7 Å². The van der Waals surface area contributed by atoms with Gasteiger partial charge in [-0.15, -0.1) is 0 Å². The summed E-state index contributed by atoms with van der Waals surface area (Å²) in [4.78, 5) is 25.6. The van der Waals surface area contributed by atoms with Gasteiger partial charge in [-0.05, 0) is 34.9 Å². The third-order valence-electron chi connectivity index (χ3n) is 4.31. The maximum Gasteiger partial charge on any atom is 0.274 e. The highest BCUT2D eigenvalue weighted by molar-refractivity contribution is 5.50. The molecule has 3 aromatic rings. The lowest BCUT2D eigenvalue weighted by Gasteiger charge is -2.05. The molecule has 0 saturated heterocycles. The topological polar surface area (TPSA) is 64.2 Å². The van der Waals surface area contributed by atoms with Crippen molar-refractivity contribution >= 4 is 12.2 Å². The number of rotatable bonds is 3. The second-order valence-electron chi connectivity index (χ2n) is 6.10. The van der Waals surface area contributed by atoms with Gasteiger partial charge in [0.05, 0.1) is 6.61 Å². The van der Waals surface area contributed by atoms with Gasteiger partial charge < -0.3 is 14.2 Å². The van der Waals surface area contributed by atoms with Crippen molar-refractivity contribution in [3.05, 3.63) is 103 Å². The second-order valence-corrected chi connectivity index (χ2v) is 6.10. The summed E-state index contributed by atoms with van der Waals surface area (Å²) >= 11 is 0. The van der Waals surface area contributed by atoms with Crippen LogP contribution in [0.4, 0.5) is 0 Å². The van der Waals surface area contributed by atoms with E-state index < -0.39 is 0 Å². The van der Waals surface area contributed by atoms with Crippen LogP contribution in [0.2, 0.25) is 0 Å². The first-order chi connectivity index (χ1) is 12.5. The Morgan fingerprint density at radius 3 is 1.92 bits per heavy atom. The van der Waals surface area contributed by atoms with Crippen LogP contribution in [0.1, 0.15) is 16.7 Å². The SMILES string of the molecule is Cn1c(=O)c(=Cc2cccc(CO)c2)n(C)c(=O)c1=Cc1ccccc1. The minimum Gasteiger partial charge on any atom is -0.392 e. The van der Waals surface area contributed by atoms with Gasteiger partial charge in [0.2, 0.25) is 0 Å². The first-order valence-electron chi connectivity index (χ1n) is 8.25. The van der Waals surface area contributed by atoms with E-state index in [0.29, 0.717) is 5.35 Å². The molecule has 5 nitrogen and oxygen atoms in total. The Balaban J connectivity index is 2.28. The first kappa shape index (κ1) is 17.6. The summed E-state index contributed by atoms with van der Waals surface area (Å²) in [6.07, 6.45) is 3.37.